The molecule has 0 bridgehead atoms. The summed E-state index contributed by atoms with van der Waals surface area (Å²) in [5, 5.41) is 4.57. The average molecular weight is 265 g/mol. The lowest BCUT2D eigenvalue weighted by Crippen LogP contribution is -2.27. The number of hydrogen-bond acceptors (Lipinski definition) is 2. The third-order valence-corrected chi connectivity index (χ3v) is 3.33. The first-order valence-electron chi connectivity index (χ1n) is 7.47. The first-order valence-corrected chi connectivity index (χ1v) is 7.47. The molecule has 0 aromatic carbocycles. The van der Waals surface area contributed by atoms with Crippen molar-refractivity contribution in [3.8, 4) is 0 Å². The van der Waals surface area contributed by atoms with Crippen LogP contribution in [0.1, 0.15) is 66.1 Å². The second-order valence-electron chi connectivity index (χ2n) is 7.45. The molecule has 1 heterocycles. The molecule has 19 heavy (non-hydrogen) atoms. The van der Waals surface area contributed by atoms with Crippen LogP contribution in [-0.2, 0) is 6.42 Å². The van der Waals surface area contributed by atoms with Crippen LogP contribution in [0.2, 0.25) is 0 Å². The molecule has 1 aromatic heterocycles. The lowest BCUT2D eigenvalue weighted by Gasteiger charge is -2.25. The maximum atomic E-state index is 6.26. The van der Waals surface area contributed by atoms with Crippen LogP contribution < -0.4 is 5.73 Å². The van der Waals surface area contributed by atoms with Gasteiger partial charge in [-0.3, -0.25) is 4.68 Å². The van der Waals surface area contributed by atoms with Crippen molar-refractivity contribution in [3.63, 3.8) is 0 Å². The molecule has 1 aromatic rings. The zero-order valence-corrected chi connectivity index (χ0v) is 13.5. The molecule has 3 heteroatoms. The van der Waals surface area contributed by atoms with Crippen LogP contribution in [0.5, 0.6) is 0 Å². The summed E-state index contributed by atoms with van der Waals surface area (Å²) in [5.74, 6) is 0.669. The topological polar surface area (TPSA) is 43.8 Å². The molecule has 0 aliphatic rings. The van der Waals surface area contributed by atoms with Crippen molar-refractivity contribution in [2.45, 2.75) is 72.9 Å². The molecule has 0 spiro atoms. The van der Waals surface area contributed by atoms with Gasteiger partial charge in [-0.25, -0.2) is 0 Å². The third kappa shape index (κ3) is 6.24. The predicted molar refractivity (Wildman–Crippen MR) is 82.1 cm³/mol. The molecule has 0 aliphatic heterocycles. The van der Waals surface area contributed by atoms with Crippen molar-refractivity contribution in [2.24, 2.45) is 17.1 Å². The summed E-state index contributed by atoms with van der Waals surface area (Å²) in [7, 11) is 0. The molecule has 0 saturated carbocycles. The molecule has 0 fully saturated rings. The molecule has 1 rings (SSSR count). The second kappa shape index (κ2) is 6.56. The quantitative estimate of drug-likeness (QED) is 0.850. The van der Waals surface area contributed by atoms with Gasteiger partial charge in [0.15, 0.2) is 0 Å². The first-order chi connectivity index (χ1) is 8.67. The Morgan fingerprint density at radius 3 is 2.37 bits per heavy atom. The minimum atomic E-state index is 0.216. The van der Waals surface area contributed by atoms with Crippen LogP contribution in [-0.4, -0.2) is 15.8 Å². The van der Waals surface area contributed by atoms with E-state index in [0.29, 0.717) is 17.4 Å². The Hall–Kier alpha value is -0.830. The van der Waals surface area contributed by atoms with E-state index in [4.69, 9.17) is 5.73 Å². The minimum absolute atomic E-state index is 0.216. The van der Waals surface area contributed by atoms with Crippen LogP contribution in [0.4, 0.5) is 0 Å². The Morgan fingerprint density at radius 1 is 1.26 bits per heavy atom. The highest BCUT2D eigenvalue weighted by molar-refractivity contribution is 5.01. The van der Waals surface area contributed by atoms with E-state index in [0.717, 1.165) is 18.5 Å². The van der Waals surface area contributed by atoms with E-state index in [-0.39, 0.29) is 6.04 Å². The van der Waals surface area contributed by atoms with Gasteiger partial charge in [0.1, 0.15) is 0 Å². The fourth-order valence-electron chi connectivity index (χ4n) is 2.77. The van der Waals surface area contributed by atoms with E-state index in [1.807, 2.05) is 10.9 Å². The van der Waals surface area contributed by atoms with Crippen LogP contribution in [0.15, 0.2) is 12.3 Å². The molecule has 0 saturated heterocycles. The highest BCUT2D eigenvalue weighted by Crippen LogP contribution is 2.26. The highest BCUT2D eigenvalue weighted by Gasteiger charge is 2.18. The molecule has 0 amide bonds. The molecule has 3 nitrogen and oxygen atoms in total. The number of aromatic nitrogens is 2. The molecule has 2 N–H and O–H groups in total. The minimum Gasteiger partial charge on any atom is -0.327 e. The molecule has 110 valence electrons. The summed E-state index contributed by atoms with van der Waals surface area (Å²) in [6.45, 7) is 13.5. The lowest BCUT2D eigenvalue weighted by molar-refractivity contribution is 0.285. The van der Waals surface area contributed by atoms with E-state index in [1.165, 1.54) is 6.42 Å². The van der Waals surface area contributed by atoms with Crippen molar-refractivity contribution in [1.82, 2.24) is 9.78 Å². The monoisotopic (exact) mass is 265 g/mol. The number of hydrogen-bond donors (Lipinski definition) is 1. The van der Waals surface area contributed by atoms with Gasteiger partial charge >= 0.3 is 0 Å². The van der Waals surface area contributed by atoms with Crippen LogP contribution in [0.25, 0.3) is 0 Å². The summed E-state index contributed by atoms with van der Waals surface area (Å²) in [6.07, 6.45) is 5.23. The molecule has 0 radical (unpaired) electrons. The van der Waals surface area contributed by atoms with Gasteiger partial charge in [-0.05, 0) is 44.1 Å². The van der Waals surface area contributed by atoms with E-state index < -0.39 is 0 Å². The van der Waals surface area contributed by atoms with Crippen molar-refractivity contribution in [3.05, 3.63) is 18.0 Å². The van der Waals surface area contributed by atoms with Gasteiger partial charge in [-0.1, -0.05) is 27.7 Å². The fraction of sp³-hybridized carbons (Fsp3) is 0.812. The highest BCUT2D eigenvalue weighted by atomic mass is 15.3. The first kappa shape index (κ1) is 16.2. The lowest BCUT2D eigenvalue weighted by atomic mass is 9.82. The Kier molecular flexibility index (Phi) is 5.60. The SMILES string of the molecule is CC(CC(N)Cc1ccn(C(C)C)n1)CC(C)(C)C. The third-order valence-electron chi connectivity index (χ3n) is 3.33. The Bertz CT molecular complexity index is 374. The van der Waals surface area contributed by atoms with E-state index in [1.54, 1.807) is 0 Å². The summed E-state index contributed by atoms with van der Waals surface area (Å²) in [5.41, 5.74) is 7.76. The zero-order valence-electron chi connectivity index (χ0n) is 13.5. The Balaban J connectivity index is 2.43. The molecular weight excluding hydrogens is 234 g/mol. The summed E-state index contributed by atoms with van der Waals surface area (Å²) in [6, 6.07) is 2.73. The van der Waals surface area contributed by atoms with Gasteiger partial charge < -0.3 is 5.73 Å². The summed E-state index contributed by atoms with van der Waals surface area (Å²) in [4.78, 5) is 0. The van der Waals surface area contributed by atoms with E-state index >= 15 is 0 Å². The van der Waals surface area contributed by atoms with Crippen molar-refractivity contribution < 1.29 is 0 Å². The van der Waals surface area contributed by atoms with Gasteiger partial charge in [0.2, 0.25) is 0 Å². The Morgan fingerprint density at radius 2 is 1.89 bits per heavy atom. The van der Waals surface area contributed by atoms with Gasteiger partial charge in [0.25, 0.3) is 0 Å². The van der Waals surface area contributed by atoms with Crippen LogP contribution >= 0.6 is 0 Å². The fourth-order valence-corrected chi connectivity index (χ4v) is 2.77. The summed E-state index contributed by atoms with van der Waals surface area (Å²) >= 11 is 0. The Labute approximate surface area is 118 Å². The predicted octanol–water partition coefficient (Wildman–Crippen LogP) is 3.80. The largest absolute Gasteiger partial charge is 0.327 e. The van der Waals surface area contributed by atoms with E-state index in [2.05, 4.69) is 52.7 Å². The van der Waals surface area contributed by atoms with Crippen LogP contribution in [0, 0.1) is 11.3 Å². The van der Waals surface area contributed by atoms with Crippen molar-refractivity contribution in [1.29, 1.82) is 0 Å². The van der Waals surface area contributed by atoms with Crippen LogP contribution in [0.3, 0.4) is 0 Å². The number of nitrogens with zero attached hydrogens (tertiary/aromatic N) is 2. The molecule has 2 atom stereocenters. The maximum Gasteiger partial charge on any atom is 0.0640 e. The van der Waals surface area contributed by atoms with Gasteiger partial charge in [0.05, 0.1) is 5.69 Å². The summed E-state index contributed by atoms with van der Waals surface area (Å²) < 4.78 is 2.00. The molecule has 0 aliphatic carbocycles. The van der Waals surface area contributed by atoms with Crippen molar-refractivity contribution >= 4 is 0 Å². The van der Waals surface area contributed by atoms with Crippen molar-refractivity contribution in [2.75, 3.05) is 0 Å². The molecule has 2 unspecified atom stereocenters. The zero-order chi connectivity index (χ0) is 14.6. The van der Waals surface area contributed by atoms with Gasteiger partial charge in [-0.15, -0.1) is 0 Å². The molecular formula is C16H31N3. The maximum absolute atomic E-state index is 6.26. The van der Waals surface area contributed by atoms with Gasteiger partial charge in [-0.2, -0.15) is 5.10 Å². The normalized spacial score (nSPS) is 15.8. The van der Waals surface area contributed by atoms with E-state index in [9.17, 15) is 0 Å². The van der Waals surface area contributed by atoms with Gasteiger partial charge in [0, 0.05) is 24.7 Å². The average Bonchev–Trinajstić information content (AvgIpc) is 2.62. The smallest absolute Gasteiger partial charge is 0.0640 e. The number of rotatable bonds is 6. The number of nitrogens with two attached hydrogens (primary N) is 1. The standard InChI is InChI=1S/C16H31N3/c1-12(2)19-8-7-15(18-19)10-14(17)9-13(3)11-16(4,5)6/h7-8,12-14H,9-11,17H2,1-6H3. The second-order valence-corrected chi connectivity index (χ2v) is 7.45.